The van der Waals surface area contributed by atoms with Crippen LogP contribution in [0.5, 0.6) is 0 Å². The van der Waals surface area contributed by atoms with E-state index in [1.165, 1.54) is 61.0 Å². The number of anilines is 3. The zero-order valence-electron chi connectivity index (χ0n) is 36.9. The highest BCUT2D eigenvalue weighted by molar-refractivity contribution is 6.21. The first kappa shape index (κ1) is 39.0. The van der Waals surface area contributed by atoms with E-state index in [1.807, 2.05) is 0 Å². The molecule has 0 aliphatic heterocycles. The monoisotopic (exact) mass is 855 g/mol. The predicted molar refractivity (Wildman–Crippen MR) is 280 cm³/mol. The van der Waals surface area contributed by atoms with E-state index in [2.05, 4.69) is 254 Å². The molecule has 0 unspecified atom stereocenters. The van der Waals surface area contributed by atoms with Gasteiger partial charge in [-0.3, -0.25) is 0 Å². The van der Waals surface area contributed by atoms with Gasteiger partial charge in [-0.15, -0.1) is 0 Å². The number of allylic oxidation sites excluding steroid dienone is 4. The van der Waals surface area contributed by atoms with E-state index < -0.39 is 5.41 Å². The molecule has 0 spiro atoms. The van der Waals surface area contributed by atoms with Gasteiger partial charge >= 0.3 is 0 Å². The lowest BCUT2D eigenvalue weighted by atomic mass is 9.67. The van der Waals surface area contributed by atoms with Gasteiger partial charge in [0.2, 0.25) is 0 Å². The Labute approximate surface area is 391 Å². The van der Waals surface area contributed by atoms with Gasteiger partial charge in [-0.1, -0.05) is 200 Å². The van der Waals surface area contributed by atoms with E-state index in [9.17, 15) is 0 Å². The number of hydrogen-bond donors (Lipinski definition) is 0. The third kappa shape index (κ3) is 6.25. The molecule has 0 bridgehead atoms. The molecule has 11 aromatic rings. The maximum Gasteiger partial charge on any atom is 0.143 e. The first-order valence-corrected chi connectivity index (χ1v) is 23.4. The maximum absolute atomic E-state index is 6.85. The second kappa shape index (κ2) is 15.9. The zero-order valence-corrected chi connectivity index (χ0v) is 36.9. The fourth-order valence-electron chi connectivity index (χ4n) is 11.2. The van der Waals surface area contributed by atoms with Crippen LogP contribution in [0.15, 0.2) is 253 Å². The van der Waals surface area contributed by atoms with Crippen LogP contribution in [0, 0.1) is 0 Å². The standard InChI is InChI=1S/C65H45NO/c1-5-19-44(20-6-1)45-35-37-50(38-36-45)66(52-39-40-56-55-30-15-16-33-60(55)65(61(56)42-52,48-24-9-3-10-25-48)49-26-11-4-12-27-49)51-28-17-23-47(41-51)53-32-18-34-62-63(53)59-43-58(46-21-7-2-8-22-46)54-29-13-14-31-57(54)64(59)67-62/h1,3-7,9-43H,2,8H2. The SMILES string of the molecule is C1=CC(c2cc3c(oc4cccc(-c5cccc(N(c6ccc(-c7ccccc7)cc6)c6ccc7c(c6)C(c6ccccc6)(c6ccccc6)c6ccccc6-7)c5)c43)c3ccccc23)=CCC1. The smallest absolute Gasteiger partial charge is 0.143 e. The average Bonchev–Trinajstić information content (AvgIpc) is 3.94. The Morgan fingerprint density at radius 3 is 1.76 bits per heavy atom. The number of benzene rings is 10. The summed E-state index contributed by atoms with van der Waals surface area (Å²) in [5.41, 5.74) is 19.3. The molecule has 0 atom stereocenters. The minimum absolute atomic E-state index is 0.528. The first-order valence-electron chi connectivity index (χ1n) is 23.4. The largest absolute Gasteiger partial charge is 0.455 e. The minimum atomic E-state index is -0.528. The van der Waals surface area contributed by atoms with Gasteiger partial charge in [0.1, 0.15) is 11.2 Å². The van der Waals surface area contributed by atoms with E-state index in [1.54, 1.807) is 0 Å². The molecular formula is C65H45NO. The Hall–Kier alpha value is -8.46. The van der Waals surface area contributed by atoms with Gasteiger partial charge in [-0.25, -0.2) is 0 Å². The molecule has 0 radical (unpaired) electrons. The highest BCUT2D eigenvalue weighted by atomic mass is 16.3. The number of furan rings is 1. The predicted octanol–water partition coefficient (Wildman–Crippen LogP) is 17.6. The Kier molecular flexibility index (Phi) is 9.25. The van der Waals surface area contributed by atoms with E-state index in [4.69, 9.17) is 4.42 Å². The van der Waals surface area contributed by atoms with Gasteiger partial charge in [-0.2, -0.15) is 0 Å². The summed E-state index contributed by atoms with van der Waals surface area (Å²) >= 11 is 0. The van der Waals surface area contributed by atoms with E-state index in [0.29, 0.717) is 0 Å². The van der Waals surface area contributed by atoms with Crippen molar-refractivity contribution in [3.63, 3.8) is 0 Å². The van der Waals surface area contributed by atoms with Crippen molar-refractivity contribution in [1.29, 1.82) is 0 Å². The van der Waals surface area contributed by atoms with E-state index in [0.717, 1.165) is 68.4 Å². The molecule has 0 amide bonds. The Morgan fingerprint density at radius 2 is 1.00 bits per heavy atom. The van der Waals surface area contributed by atoms with Crippen LogP contribution in [0.3, 0.4) is 0 Å². The number of fused-ring (bicyclic) bond motifs is 8. The molecule has 2 aliphatic carbocycles. The van der Waals surface area contributed by atoms with Crippen LogP contribution in [0.2, 0.25) is 0 Å². The van der Waals surface area contributed by atoms with Crippen LogP contribution in [0.1, 0.15) is 40.7 Å². The van der Waals surface area contributed by atoms with Gasteiger partial charge in [0, 0.05) is 33.2 Å². The molecule has 316 valence electrons. The van der Waals surface area contributed by atoms with E-state index in [-0.39, 0.29) is 0 Å². The molecular weight excluding hydrogens is 811 g/mol. The fraction of sp³-hybridized carbons (Fsp3) is 0.0462. The fourth-order valence-corrected chi connectivity index (χ4v) is 11.2. The molecule has 67 heavy (non-hydrogen) atoms. The Morgan fingerprint density at radius 1 is 0.388 bits per heavy atom. The summed E-state index contributed by atoms with van der Waals surface area (Å²) in [7, 11) is 0. The number of hydrogen-bond acceptors (Lipinski definition) is 2. The molecule has 0 fully saturated rings. The van der Waals surface area contributed by atoms with Crippen LogP contribution in [0.4, 0.5) is 17.1 Å². The summed E-state index contributed by atoms with van der Waals surface area (Å²) in [6.45, 7) is 0. The van der Waals surface area contributed by atoms with Crippen molar-refractivity contribution in [2.45, 2.75) is 18.3 Å². The van der Waals surface area contributed by atoms with Crippen LogP contribution >= 0.6 is 0 Å². The van der Waals surface area contributed by atoms with Crippen LogP contribution in [-0.2, 0) is 5.41 Å². The van der Waals surface area contributed by atoms with Crippen molar-refractivity contribution in [3.05, 3.63) is 277 Å². The maximum atomic E-state index is 6.85. The highest BCUT2D eigenvalue weighted by Crippen LogP contribution is 2.57. The summed E-state index contributed by atoms with van der Waals surface area (Å²) in [4.78, 5) is 2.43. The minimum Gasteiger partial charge on any atom is -0.455 e. The quantitative estimate of drug-likeness (QED) is 0.151. The summed E-state index contributed by atoms with van der Waals surface area (Å²) in [5.74, 6) is 0. The molecule has 0 saturated heterocycles. The summed E-state index contributed by atoms with van der Waals surface area (Å²) in [6.07, 6.45) is 9.08. The van der Waals surface area contributed by atoms with Gasteiger partial charge in [0.15, 0.2) is 0 Å². The third-order valence-corrected chi connectivity index (χ3v) is 14.2. The second-order valence-electron chi connectivity index (χ2n) is 17.8. The Bertz CT molecular complexity index is 3690. The van der Waals surface area contributed by atoms with Gasteiger partial charge in [0.25, 0.3) is 0 Å². The highest BCUT2D eigenvalue weighted by Gasteiger charge is 2.46. The van der Waals surface area contributed by atoms with Crippen molar-refractivity contribution in [1.82, 2.24) is 0 Å². The van der Waals surface area contributed by atoms with Crippen LogP contribution < -0.4 is 4.90 Å². The van der Waals surface area contributed by atoms with Gasteiger partial charge < -0.3 is 9.32 Å². The lowest BCUT2D eigenvalue weighted by Crippen LogP contribution is -2.28. The molecule has 2 heteroatoms. The molecule has 13 rings (SSSR count). The van der Waals surface area contributed by atoms with Crippen molar-refractivity contribution in [3.8, 4) is 33.4 Å². The first-order chi connectivity index (χ1) is 33.2. The Balaban J connectivity index is 1.03. The second-order valence-corrected chi connectivity index (χ2v) is 17.8. The van der Waals surface area contributed by atoms with Crippen LogP contribution in [-0.4, -0.2) is 0 Å². The molecule has 2 nitrogen and oxygen atoms in total. The molecule has 0 N–H and O–H groups in total. The van der Waals surface area contributed by atoms with Gasteiger partial charge in [0.05, 0.1) is 5.41 Å². The molecule has 1 aromatic heterocycles. The van der Waals surface area contributed by atoms with Crippen molar-refractivity contribution in [2.24, 2.45) is 0 Å². The summed E-state index contributed by atoms with van der Waals surface area (Å²) in [5, 5.41) is 4.61. The van der Waals surface area contributed by atoms with Gasteiger partial charge in [-0.05, 0) is 134 Å². The number of nitrogens with zero attached hydrogens (tertiary/aromatic N) is 1. The molecule has 0 saturated carbocycles. The number of rotatable bonds is 8. The average molecular weight is 856 g/mol. The molecule has 2 aliphatic rings. The molecule has 1 heterocycles. The zero-order chi connectivity index (χ0) is 44.3. The summed E-state index contributed by atoms with van der Waals surface area (Å²) in [6, 6.07) is 84.5. The van der Waals surface area contributed by atoms with Crippen molar-refractivity contribution >= 4 is 55.3 Å². The van der Waals surface area contributed by atoms with E-state index >= 15 is 0 Å². The summed E-state index contributed by atoms with van der Waals surface area (Å²) < 4.78 is 6.85. The van der Waals surface area contributed by atoms with Crippen molar-refractivity contribution < 1.29 is 4.42 Å². The van der Waals surface area contributed by atoms with Crippen LogP contribution in [0.25, 0.3) is 71.7 Å². The topological polar surface area (TPSA) is 16.4 Å². The lowest BCUT2D eigenvalue weighted by molar-refractivity contribution is 0.672. The third-order valence-electron chi connectivity index (χ3n) is 14.2. The molecule has 10 aromatic carbocycles. The lowest BCUT2D eigenvalue weighted by Gasteiger charge is -2.35. The normalized spacial score (nSPS) is 13.7. The van der Waals surface area contributed by atoms with Crippen molar-refractivity contribution in [2.75, 3.05) is 4.90 Å².